The van der Waals surface area contributed by atoms with Crippen LogP contribution >= 0.6 is 46.4 Å². The van der Waals surface area contributed by atoms with E-state index in [1.807, 2.05) is 0 Å². The molecule has 0 aromatic heterocycles. The first-order valence-corrected chi connectivity index (χ1v) is 6.21. The maximum atomic E-state index is 12.0. The van der Waals surface area contributed by atoms with Crippen LogP contribution < -0.4 is 0 Å². The fraction of sp³-hybridized carbons (Fsp3) is 0.100. The third-order valence-electron chi connectivity index (χ3n) is 2.28. The number of hydrogen-bond donors (Lipinski definition) is 0. The van der Waals surface area contributed by atoms with Gasteiger partial charge in [0.15, 0.2) is 0 Å². The molecule has 1 aromatic carbocycles. The van der Waals surface area contributed by atoms with E-state index in [4.69, 9.17) is 46.4 Å². The lowest BCUT2D eigenvalue weighted by atomic mass is 10.1. The summed E-state index contributed by atoms with van der Waals surface area (Å²) < 4.78 is 0. The minimum Gasteiger partial charge on any atom is -0.330 e. The lowest BCUT2D eigenvalue weighted by Crippen LogP contribution is -2.31. The molecule has 0 spiro atoms. The number of fused-ring (bicyclic) bond motifs is 1. The molecule has 0 bridgehead atoms. The van der Waals surface area contributed by atoms with E-state index in [1.54, 1.807) is 0 Å². The van der Waals surface area contributed by atoms with Crippen molar-refractivity contribution in [3.63, 3.8) is 0 Å². The third kappa shape index (κ3) is 2.07. The van der Waals surface area contributed by atoms with Gasteiger partial charge in [0.25, 0.3) is 11.8 Å². The zero-order valence-corrected chi connectivity index (χ0v) is 12.1. The van der Waals surface area contributed by atoms with Crippen molar-refractivity contribution in [1.82, 2.24) is 5.06 Å². The van der Waals surface area contributed by atoms with Crippen LogP contribution in [0.5, 0.6) is 0 Å². The maximum absolute atomic E-state index is 12.0. The van der Waals surface area contributed by atoms with Gasteiger partial charge in [0, 0.05) is 6.92 Å². The van der Waals surface area contributed by atoms with Crippen LogP contribution in [0.3, 0.4) is 0 Å². The smallest absolute Gasteiger partial charge is 0.330 e. The number of hydroxylamine groups is 2. The SMILES string of the molecule is CC(=O)ON1C(=O)c2c(Cl)c(Cl)c(Cl)c(Cl)c2C1=O. The molecule has 2 rings (SSSR count). The van der Waals surface area contributed by atoms with E-state index in [9.17, 15) is 14.4 Å². The third-order valence-corrected chi connectivity index (χ3v) is 4.09. The van der Waals surface area contributed by atoms with E-state index < -0.39 is 17.8 Å². The Morgan fingerprint density at radius 3 is 1.58 bits per heavy atom. The topological polar surface area (TPSA) is 63.7 Å². The minimum atomic E-state index is -0.930. The molecule has 0 saturated heterocycles. The Hall–Kier alpha value is -1.01. The molecule has 19 heavy (non-hydrogen) atoms. The number of imide groups is 1. The number of halogens is 4. The van der Waals surface area contributed by atoms with Gasteiger partial charge in [-0.3, -0.25) is 9.59 Å². The van der Waals surface area contributed by atoms with Crippen LogP contribution in [0.4, 0.5) is 0 Å². The Labute approximate surface area is 126 Å². The van der Waals surface area contributed by atoms with Gasteiger partial charge >= 0.3 is 5.97 Å². The van der Waals surface area contributed by atoms with Crippen molar-refractivity contribution in [3.05, 3.63) is 31.2 Å². The molecule has 0 aliphatic carbocycles. The predicted molar refractivity (Wildman–Crippen MR) is 68.7 cm³/mol. The van der Waals surface area contributed by atoms with E-state index in [1.165, 1.54) is 0 Å². The molecular formula is C10H3Cl4NO4. The van der Waals surface area contributed by atoms with Crippen LogP contribution in [-0.4, -0.2) is 22.8 Å². The summed E-state index contributed by atoms with van der Waals surface area (Å²) in [7, 11) is 0. The number of nitrogens with zero attached hydrogens (tertiary/aromatic N) is 1. The van der Waals surface area contributed by atoms with Gasteiger partial charge in [-0.25, -0.2) is 4.79 Å². The van der Waals surface area contributed by atoms with Crippen LogP contribution in [0.25, 0.3) is 0 Å². The molecule has 9 heteroatoms. The van der Waals surface area contributed by atoms with E-state index in [0.717, 1.165) is 6.92 Å². The van der Waals surface area contributed by atoms with Gasteiger partial charge in [-0.05, 0) is 0 Å². The Kier molecular flexibility index (Phi) is 3.66. The summed E-state index contributed by atoms with van der Waals surface area (Å²) in [5.74, 6) is -2.71. The molecule has 0 saturated carbocycles. The average molecular weight is 343 g/mol. The monoisotopic (exact) mass is 341 g/mol. The standard InChI is InChI=1S/C10H3Cl4NO4/c1-2(16)19-15-9(17)3-4(10(15)18)6(12)8(14)7(13)5(3)11/h1H3. The molecule has 5 nitrogen and oxygen atoms in total. The second-order valence-electron chi connectivity index (χ2n) is 3.49. The average Bonchev–Trinajstić information content (AvgIpc) is 2.58. The first-order valence-electron chi connectivity index (χ1n) is 4.70. The van der Waals surface area contributed by atoms with Crippen molar-refractivity contribution in [3.8, 4) is 0 Å². The second-order valence-corrected chi connectivity index (χ2v) is 5.01. The Morgan fingerprint density at radius 1 is 0.895 bits per heavy atom. The van der Waals surface area contributed by atoms with Crippen molar-refractivity contribution in [2.75, 3.05) is 0 Å². The fourth-order valence-electron chi connectivity index (χ4n) is 1.54. The van der Waals surface area contributed by atoms with E-state index in [-0.39, 0.29) is 36.3 Å². The summed E-state index contributed by atoms with van der Waals surface area (Å²) in [6.07, 6.45) is 0. The number of hydrogen-bond acceptors (Lipinski definition) is 4. The first kappa shape index (κ1) is 14.4. The number of carbonyl (C=O) groups is 3. The molecule has 100 valence electrons. The Morgan fingerprint density at radius 2 is 1.26 bits per heavy atom. The molecule has 2 amide bonds. The fourth-order valence-corrected chi connectivity index (χ4v) is 2.55. The van der Waals surface area contributed by atoms with Gasteiger partial charge < -0.3 is 4.84 Å². The summed E-state index contributed by atoms with van der Waals surface area (Å²) in [5.41, 5.74) is -0.486. The highest BCUT2D eigenvalue weighted by Crippen LogP contribution is 2.44. The lowest BCUT2D eigenvalue weighted by molar-refractivity contribution is -0.165. The zero-order chi connectivity index (χ0) is 14.5. The quantitative estimate of drug-likeness (QED) is 0.446. The highest BCUT2D eigenvalue weighted by molar-refractivity contribution is 6.55. The van der Waals surface area contributed by atoms with Crippen LogP contribution in [0.2, 0.25) is 20.1 Å². The molecule has 0 fully saturated rings. The van der Waals surface area contributed by atoms with Gasteiger partial charge in [0.1, 0.15) is 0 Å². The number of carbonyl (C=O) groups excluding carboxylic acids is 3. The molecule has 1 aromatic rings. The lowest BCUT2D eigenvalue weighted by Gasteiger charge is -2.10. The van der Waals surface area contributed by atoms with Gasteiger partial charge in [0.05, 0.1) is 31.2 Å². The highest BCUT2D eigenvalue weighted by Gasteiger charge is 2.43. The van der Waals surface area contributed by atoms with Crippen molar-refractivity contribution in [1.29, 1.82) is 0 Å². The van der Waals surface area contributed by atoms with Crippen molar-refractivity contribution < 1.29 is 19.2 Å². The predicted octanol–water partition coefficient (Wildman–Crippen LogP) is 3.37. The molecule has 0 atom stereocenters. The van der Waals surface area contributed by atoms with Gasteiger partial charge in [0.2, 0.25) is 0 Å². The normalized spacial score (nSPS) is 13.8. The number of rotatable bonds is 1. The first-order chi connectivity index (χ1) is 8.77. The summed E-state index contributed by atoms with van der Waals surface area (Å²) in [6.45, 7) is 1.03. The largest absolute Gasteiger partial charge is 0.330 e. The van der Waals surface area contributed by atoms with Gasteiger partial charge in [-0.1, -0.05) is 51.5 Å². The van der Waals surface area contributed by atoms with Crippen molar-refractivity contribution >= 4 is 64.2 Å². The Bertz CT molecular complexity index is 596. The molecule has 1 aliphatic rings. The van der Waals surface area contributed by atoms with E-state index in [0.29, 0.717) is 0 Å². The van der Waals surface area contributed by atoms with Crippen molar-refractivity contribution in [2.45, 2.75) is 6.92 Å². The molecule has 1 heterocycles. The molecule has 0 radical (unpaired) electrons. The molecular weight excluding hydrogens is 340 g/mol. The maximum Gasteiger partial charge on any atom is 0.330 e. The summed E-state index contributed by atoms with van der Waals surface area (Å²) >= 11 is 23.3. The van der Waals surface area contributed by atoms with Gasteiger partial charge in [-0.15, -0.1) is 0 Å². The van der Waals surface area contributed by atoms with E-state index in [2.05, 4.69) is 4.84 Å². The van der Waals surface area contributed by atoms with Crippen LogP contribution in [-0.2, 0) is 9.63 Å². The molecule has 0 N–H and O–H groups in total. The van der Waals surface area contributed by atoms with Crippen LogP contribution in [0, 0.1) is 0 Å². The van der Waals surface area contributed by atoms with E-state index >= 15 is 0 Å². The number of amides is 2. The summed E-state index contributed by atoms with van der Waals surface area (Å²) in [6, 6.07) is 0. The highest BCUT2D eigenvalue weighted by atomic mass is 35.5. The second kappa shape index (κ2) is 4.83. The Balaban J connectivity index is 2.69. The summed E-state index contributed by atoms with van der Waals surface area (Å²) in [4.78, 5) is 39.3. The molecule has 0 unspecified atom stereocenters. The van der Waals surface area contributed by atoms with Crippen LogP contribution in [0.15, 0.2) is 0 Å². The van der Waals surface area contributed by atoms with Crippen LogP contribution in [0.1, 0.15) is 27.6 Å². The summed E-state index contributed by atoms with van der Waals surface area (Å²) in [5, 5.41) is -0.494. The molecule has 1 aliphatic heterocycles. The zero-order valence-electron chi connectivity index (χ0n) is 9.09. The number of benzene rings is 1. The van der Waals surface area contributed by atoms with Crippen molar-refractivity contribution in [2.24, 2.45) is 0 Å². The van der Waals surface area contributed by atoms with Gasteiger partial charge in [-0.2, -0.15) is 0 Å². The minimum absolute atomic E-state index is 0.155.